The topological polar surface area (TPSA) is 44.8 Å². The fraction of sp³-hybridized carbons (Fsp3) is 0.833. The maximum Gasteiger partial charge on any atom is 0.509 e. The van der Waals surface area contributed by atoms with Crippen LogP contribution in [0.15, 0.2) is 0 Å². The molecule has 1 fully saturated rings. The van der Waals surface area contributed by atoms with Crippen LogP contribution in [0.1, 0.15) is 0 Å². The maximum absolute atomic E-state index is 11.5. The van der Waals surface area contributed by atoms with Gasteiger partial charge in [-0.2, -0.15) is 13.2 Å². The predicted octanol–water partition coefficient (Wildman–Crippen LogP) is 1.10. The molecule has 0 unspecified atom stereocenters. The first-order valence-electron chi connectivity index (χ1n) is 3.45. The van der Waals surface area contributed by atoms with E-state index >= 15 is 0 Å². The lowest BCUT2D eigenvalue weighted by atomic mass is 10.3. The number of alkyl halides is 3. The van der Waals surface area contributed by atoms with Crippen molar-refractivity contribution in [2.24, 2.45) is 0 Å². The van der Waals surface area contributed by atoms with Crippen molar-refractivity contribution >= 4 is 6.16 Å². The fourth-order valence-corrected chi connectivity index (χ4v) is 0.593. The Hall–Kier alpha value is -0.980. The first-order valence-corrected chi connectivity index (χ1v) is 3.45. The van der Waals surface area contributed by atoms with Crippen LogP contribution in [0.25, 0.3) is 0 Å². The van der Waals surface area contributed by atoms with Crippen LogP contribution in [0.3, 0.4) is 0 Å². The standard InChI is InChI=1S/C6H7F3O4/c7-6(8,9)3-12-5(10)13-4-1-11-2-4/h4H,1-3H2. The normalized spacial score (nSPS) is 17.8. The van der Waals surface area contributed by atoms with Gasteiger partial charge in [-0.15, -0.1) is 0 Å². The molecule has 0 radical (unpaired) electrons. The van der Waals surface area contributed by atoms with Crippen LogP contribution >= 0.6 is 0 Å². The molecule has 0 saturated carbocycles. The van der Waals surface area contributed by atoms with E-state index in [4.69, 9.17) is 0 Å². The Morgan fingerprint density at radius 3 is 2.46 bits per heavy atom. The van der Waals surface area contributed by atoms with Crippen LogP contribution in [0.5, 0.6) is 0 Å². The first-order chi connectivity index (χ1) is 5.97. The molecule has 76 valence electrons. The monoisotopic (exact) mass is 200 g/mol. The summed E-state index contributed by atoms with van der Waals surface area (Å²) in [5.74, 6) is 0. The van der Waals surface area contributed by atoms with Crippen LogP contribution in [-0.4, -0.2) is 38.3 Å². The van der Waals surface area contributed by atoms with Gasteiger partial charge in [-0.05, 0) is 0 Å². The predicted molar refractivity (Wildman–Crippen MR) is 33.1 cm³/mol. The molecule has 1 aliphatic rings. The van der Waals surface area contributed by atoms with Gasteiger partial charge in [0.1, 0.15) is 0 Å². The third-order valence-corrected chi connectivity index (χ3v) is 1.22. The number of ether oxygens (including phenoxy) is 3. The molecule has 1 saturated heterocycles. The highest BCUT2D eigenvalue weighted by Crippen LogP contribution is 2.15. The van der Waals surface area contributed by atoms with Crippen molar-refractivity contribution in [1.82, 2.24) is 0 Å². The van der Waals surface area contributed by atoms with Gasteiger partial charge in [0, 0.05) is 0 Å². The smallest absolute Gasteiger partial charge is 0.426 e. The summed E-state index contributed by atoms with van der Waals surface area (Å²) in [7, 11) is 0. The zero-order chi connectivity index (χ0) is 9.90. The fourth-order valence-electron chi connectivity index (χ4n) is 0.593. The van der Waals surface area contributed by atoms with Crippen molar-refractivity contribution in [1.29, 1.82) is 0 Å². The zero-order valence-corrected chi connectivity index (χ0v) is 6.47. The van der Waals surface area contributed by atoms with Gasteiger partial charge in [-0.3, -0.25) is 0 Å². The molecule has 13 heavy (non-hydrogen) atoms. The molecule has 0 aromatic carbocycles. The minimum absolute atomic E-state index is 0.209. The molecule has 1 rings (SSSR count). The molecule has 7 heteroatoms. The van der Waals surface area contributed by atoms with Gasteiger partial charge >= 0.3 is 12.3 Å². The highest BCUT2D eigenvalue weighted by atomic mass is 19.4. The molecule has 0 N–H and O–H groups in total. The van der Waals surface area contributed by atoms with Crippen molar-refractivity contribution in [2.45, 2.75) is 12.3 Å². The molecule has 1 heterocycles. The molecule has 0 aromatic rings. The van der Waals surface area contributed by atoms with Crippen LogP contribution in [0.4, 0.5) is 18.0 Å². The molecular weight excluding hydrogens is 193 g/mol. The van der Waals surface area contributed by atoms with E-state index in [2.05, 4.69) is 14.2 Å². The van der Waals surface area contributed by atoms with E-state index < -0.39 is 25.0 Å². The Labute approximate surface area is 71.6 Å². The van der Waals surface area contributed by atoms with E-state index in [-0.39, 0.29) is 13.2 Å². The summed E-state index contributed by atoms with van der Waals surface area (Å²) in [4.78, 5) is 10.5. The summed E-state index contributed by atoms with van der Waals surface area (Å²) in [5.41, 5.74) is 0. The van der Waals surface area contributed by atoms with E-state index in [0.717, 1.165) is 0 Å². The Morgan fingerprint density at radius 1 is 1.46 bits per heavy atom. The van der Waals surface area contributed by atoms with Crippen molar-refractivity contribution < 1.29 is 32.2 Å². The number of rotatable bonds is 2. The van der Waals surface area contributed by atoms with E-state index in [0.29, 0.717) is 0 Å². The van der Waals surface area contributed by atoms with Gasteiger partial charge in [0.2, 0.25) is 0 Å². The van der Waals surface area contributed by atoms with Crippen molar-refractivity contribution in [2.75, 3.05) is 19.8 Å². The minimum Gasteiger partial charge on any atom is -0.426 e. The lowest BCUT2D eigenvalue weighted by Crippen LogP contribution is -2.38. The van der Waals surface area contributed by atoms with Gasteiger partial charge in [0.15, 0.2) is 12.7 Å². The summed E-state index contributed by atoms with van der Waals surface area (Å²) in [5, 5.41) is 0. The summed E-state index contributed by atoms with van der Waals surface area (Å²) in [6.07, 6.45) is -6.30. The third kappa shape index (κ3) is 3.97. The SMILES string of the molecule is O=C(OCC(F)(F)F)OC1COC1. The lowest BCUT2D eigenvalue weighted by molar-refractivity contribution is -0.174. The summed E-state index contributed by atoms with van der Waals surface area (Å²) in [6.45, 7) is -1.21. The van der Waals surface area contributed by atoms with Crippen LogP contribution in [0, 0.1) is 0 Å². The lowest BCUT2D eigenvalue weighted by Gasteiger charge is -2.24. The highest BCUT2D eigenvalue weighted by Gasteiger charge is 2.31. The number of hydrogen-bond acceptors (Lipinski definition) is 4. The van der Waals surface area contributed by atoms with E-state index in [9.17, 15) is 18.0 Å². The molecule has 0 bridgehead atoms. The minimum atomic E-state index is -4.52. The Balaban J connectivity index is 2.10. The summed E-state index contributed by atoms with van der Waals surface area (Å²) < 4.78 is 47.3. The average molecular weight is 200 g/mol. The second-order valence-electron chi connectivity index (χ2n) is 2.43. The average Bonchev–Trinajstić information content (AvgIpc) is 1.91. The molecule has 0 spiro atoms. The van der Waals surface area contributed by atoms with Crippen LogP contribution in [0.2, 0.25) is 0 Å². The number of carbonyl (C=O) groups excluding carboxylic acids is 1. The van der Waals surface area contributed by atoms with Crippen molar-refractivity contribution in [3.63, 3.8) is 0 Å². The van der Waals surface area contributed by atoms with Gasteiger partial charge < -0.3 is 14.2 Å². The quantitative estimate of drug-likeness (QED) is 0.626. The van der Waals surface area contributed by atoms with E-state index in [1.165, 1.54) is 0 Å². The molecular formula is C6H7F3O4. The van der Waals surface area contributed by atoms with Crippen LogP contribution in [-0.2, 0) is 14.2 Å². The van der Waals surface area contributed by atoms with Gasteiger partial charge in [-0.25, -0.2) is 4.79 Å². The highest BCUT2D eigenvalue weighted by molar-refractivity contribution is 5.60. The second-order valence-corrected chi connectivity index (χ2v) is 2.43. The van der Waals surface area contributed by atoms with E-state index in [1.807, 2.05) is 0 Å². The van der Waals surface area contributed by atoms with Gasteiger partial charge in [0.05, 0.1) is 13.2 Å². The van der Waals surface area contributed by atoms with Crippen LogP contribution < -0.4 is 0 Å². The molecule has 0 amide bonds. The molecule has 1 aliphatic heterocycles. The summed E-state index contributed by atoms with van der Waals surface area (Å²) >= 11 is 0. The largest absolute Gasteiger partial charge is 0.509 e. The summed E-state index contributed by atoms with van der Waals surface area (Å²) in [6, 6.07) is 0. The Bertz CT molecular complexity index is 187. The molecule has 0 aromatic heterocycles. The van der Waals surface area contributed by atoms with E-state index in [1.54, 1.807) is 0 Å². The van der Waals surface area contributed by atoms with Gasteiger partial charge in [-0.1, -0.05) is 0 Å². The third-order valence-electron chi connectivity index (χ3n) is 1.22. The number of hydrogen-bond donors (Lipinski definition) is 0. The van der Waals surface area contributed by atoms with Crippen molar-refractivity contribution in [3.05, 3.63) is 0 Å². The number of carbonyl (C=O) groups is 1. The molecule has 4 nitrogen and oxygen atoms in total. The Kier molecular flexibility index (Phi) is 2.97. The van der Waals surface area contributed by atoms with Gasteiger partial charge in [0.25, 0.3) is 0 Å². The molecule has 0 atom stereocenters. The number of halogens is 3. The Morgan fingerprint density at radius 2 is 2.08 bits per heavy atom. The maximum atomic E-state index is 11.5. The zero-order valence-electron chi connectivity index (χ0n) is 6.47. The molecule has 0 aliphatic carbocycles. The second kappa shape index (κ2) is 3.82. The first kappa shape index (κ1) is 10.1. The van der Waals surface area contributed by atoms with Crippen molar-refractivity contribution in [3.8, 4) is 0 Å².